The molecule has 0 spiro atoms. The molecular weight excluding hydrogens is 368 g/mol. The van der Waals surface area contributed by atoms with E-state index in [0.29, 0.717) is 29.0 Å². The number of ether oxygens (including phenoxy) is 3. The number of aromatic nitrogens is 2. The van der Waals surface area contributed by atoms with Crippen molar-refractivity contribution in [1.29, 1.82) is 0 Å². The van der Waals surface area contributed by atoms with E-state index in [1.165, 1.54) is 0 Å². The molecule has 0 unspecified atom stereocenters. The molecule has 29 heavy (non-hydrogen) atoms. The van der Waals surface area contributed by atoms with Gasteiger partial charge in [-0.05, 0) is 45.0 Å². The van der Waals surface area contributed by atoms with Crippen molar-refractivity contribution in [2.24, 2.45) is 0 Å². The molecule has 0 amide bonds. The van der Waals surface area contributed by atoms with E-state index in [0.717, 1.165) is 17.1 Å². The van der Waals surface area contributed by atoms with Crippen LogP contribution < -0.4 is 24.8 Å². The SMILES string of the molecule is COc1ccc(Nc2cc(Nc3ccccc3OC(C)C)nc(C)n2)cc1OC. The van der Waals surface area contributed by atoms with Gasteiger partial charge in [-0.3, -0.25) is 0 Å². The standard InChI is InChI=1S/C22H26N4O3/c1-14(2)29-18-9-7-6-8-17(18)26-22-13-21(23-15(3)24-22)25-16-10-11-19(27-4)20(12-16)28-5/h6-14H,1-5H3,(H2,23,24,25,26). The largest absolute Gasteiger partial charge is 0.493 e. The molecule has 0 aliphatic carbocycles. The van der Waals surface area contributed by atoms with Gasteiger partial charge in [-0.25, -0.2) is 9.97 Å². The van der Waals surface area contributed by atoms with Crippen LogP contribution in [-0.4, -0.2) is 30.3 Å². The molecule has 0 radical (unpaired) electrons. The highest BCUT2D eigenvalue weighted by atomic mass is 16.5. The number of nitrogens with zero attached hydrogens (tertiary/aromatic N) is 2. The third-order valence-electron chi connectivity index (χ3n) is 4.01. The lowest BCUT2D eigenvalue weighted by Crippen LogP contribution is -2.08. The van der Waals surface area contributed by atoms with Gasteiger partial charge < -0.3 is 24.8 Å². The molecule has 7 nitrogen and oxygen atoms in total. The van der Waals surface area contributed by atoms with Crippen LogP contribution in [0.4, 0.5) is 23.0 Å². The van der Waals surface area contributed by atoms with Crippen LogP contribution in [-0.2, 0) is 0 Å². The summed E-state index contributed by atoms with van der Waals surface area (Å²) < 4.78 is 16.5. The molecule has 152 valence electrons. The maximum atomic E-state index is 5.87. The molecule has 0 fully saturated rings. The molecule has 0 saturated heterocycles. The van der Waals surface area contributed by atoms with Crippen molar-refractivity contribution in [1.82, 2.24) is 9.97 Å². The van der Waals surface area contributed by atoms with Crippen LogP contribution in [0.15, 0.2) is 48.5 Å². The predicted octanol–water partition coefficient (Wildman–Crippen LogP) is 5.08. The number of para-hydroxylation sites is 2. The van der Waals surface area contributed by atoms with Crippen LogP contribution in [0.2, 0.25) is 0 Å². The lowest BCUT2D eigenvalue weighted by Gasteiger charge is -2.16. The van der Waals surface area contributed by atoms with E-state index in [2.05, 4.69) is 20.6 Å². The first-order valence-corrected chi connectivity index (χ1v) is 9.36. The number of rotatable bonds is 8. The Morgan fingerprint density at radius 3 is 2.17 bits per heavy atom. The van der Waals surface area contributed by atoms with Crippen LogP contribution in [0.25, 0.3) is 0 Å². The minimum Gasteiger partial charge on any atom is -0.493 e. The molecule has 2 aromatic carbocycles. The number of anilines is 4. The summed E-state index contributed by atoms with van der Waals surface area (Å²) in [6, 6.07) is 15.2. The van der Waals surface area contributed by atoms with Crippen LogP contribution in [0, 0.1) is 6.92 Å². The van der Waals surface area contributed by atoms with Gasteiger partial charge in [-0.15, -0.1) is 0 Å². The summed E-state index contributed by atoms with van der Waals surface area (Å²) in [6.07, 6.45) is 0.0763. The summed E-state index contributed by atoms with van der Waals surface area (Å²) in [5, 5.41) is 6.61. The first-order valence-electron chi connectivity index (χ1n) is 9.36. The average Bonchev–Trinajstić information content (AvgIpc) is 2.68. The minimum absolute atomic E-state index is 0.0763. The van der Waals surface area contributed by atoms with Crippen molar-refractivity contribution in [3.63, 3.8) is 0 Å². The topological polar surface area (TPSA) is 77.5 Å². The summed E-state index contributed by atoms with van der Waals surface area (Å²) >= 11 is 0. The van der Waals surface area contributed by atoms with Gasteiger partial charge in [0.1, 0.15) is 23.2 Å². The van der Waals surface area contributed by atoms with E-state index >= 15 is 0 Å². The third-order valence-corrected chi connectivity index (χ3v) is 4.01. The van der Waals surface area contributed by atoms with Crippen LogP contribution in [0.3, 0.4) is 0 Å². The Kier molecular flexibility index (Phi) is 6.39. The molecule has 1 heterocycles. The lowest BCUT2D eigenvalue weighted by atomic mass is 10.2. The highest BCUT2D eigenvalue weighted by Gasteiger charge is 2.09. The second-order valence-corrected chi connectivity index (χ2v) is 6.67. The quantitative estimate of drug-likeness (QED) is 0.552. The summed E-state index contributed by atoms with van der Waals surface area (Å²) in [6.45, 7) is 5.84. The summed E-state index contributed by atoms with van der Waals surface area (Å²) in [7, 11) is 3.21. The zero-order valence-electron chi connectivity index (χ0n) is 17.3. The van der Waals surface area contributed by atoms with E-state index in [1.807, 2.05) is 69.3 Å². The Hall–Kier alpha value is -3.48. The predicted molar refractivity (Wildman–Crippen MR) is 115 cm³/mol. The van der Waals surface area contributed by atoms with Gasteiger partial charge in [0.05, 0.1) is 26.0 Å². The first-order chi connectivity index (χ1) is 14.0. The van der Waals surface area contributed by atoms with Crippen LogP contribution in [0.5, 0.6) is 17.2 Å². The molecule has 7 heteroatoms. The molecule has 0 bridgehead atoms. The van der Waals surface area contributed by atoms with Gasteiger partial charge in [-0.2, -0.15) is 0 Å². The minimum atomic E-state index is 0.0763. The number of aryl methyl sites for hydroxylation is 1. The van der Waals surface area contributed by atoms with Crippen molar-refractivity contribution in [3.8, 4) is 17.2 Å². The van der Waals surface area contributed by atoms with E-state index in [9.17, 15) is 0 Å². The van der Waals surface area contributed by atoms with E-state index < -0.39 is 0 Å². The molecule has 0 aliphatic rings. The van der Waals surface area contributed by atoms with Crippen LogP contribution >= 0.6 is 0 Å². The van der Waals surface area contributed by atoms with E-state index in [4.69, 9.17) is 14.2 Å². The monoisotopic (exact) mass is 394 g/mol. The normalized spacial score (nSPS) is 10.6. The molecule has 0 atom stereocenters. The van der Waals surface area contributed by atoms with Crippen molar-refractivity contribution >= 4 is 23.0 Å². The molecule has 3 rings (SSSR count). The highest BCUT2D eigenvalue weighted by molar-refractivity contribution is 5.68. The molecule has 3 aromatic rings. The van der Waals surface area contributed by atoms with Gasteiger partial charge in [0, 0.05) is 17.8 Å². The smallest absolute Gasteiger partial charge is 0.162 e. The molecular formula is C22H26N4O3. The summed E-state index contributed by atoms with van der Waals surface area (Å²) in [5.41, 5.74) is 1.67. The Balaban J connectivity index is 1.84. The molecule has 0 aliphatic heterocycles. The van der Waals surface area contributed by atoms with Gasteiger partial charge in [0.15, 0.2) is 11.5 Å². The van der Waals surface area contributed by atoms with Crippen molar-refractivity contribution in [3.05, 3.63) is 54.4 Å². The van der Waals surface area contributed by atoms with E-state index in [1.54, 1.807) is 14.2 Å². The average molecular weight is 394 g/mol. The summed E-state index contributed by atoms with van der Waals surface area (Å²) in [4.78, 5) is 8.96. The number of hydrogen-bond acceptors (Lipinski definition) is 7. The fraction of sp³-hybridized carbons (Fsp3) is 0.273. The number of hydrogen-bond donors (Lipinski definition) is 2. The van der Waals surface area contributed by atoms with E-state index in [-0.39, 0.29) is 6.10 Å². The molecule has 2 N–H and O–H groups in total. The first kappa shape index (κ1) is 20.3. The number of methoxy groups -OCH3 is 2. The summed E-state index contributed by atoms with van der Waals surface area (Å²) in [5.74, 6) is 4.05. The number of benzene rings is 2. The maximum Gasteiger partial charge on any atom is 0.162 e. The second kappa shape index (κ2) is 9.14. The van der Waals surface area contributed by atoms with Crippen LogP contribution in [0.1, 0.15) is 19.7 Å². The second-order valence-electron chi connectivity index (χ2n) is 6.67. The van der Waals surface area contributed by atoms with Crippen molar-refractivity contribution in [2.75, 3.05) is 24.9 Å². The van der Waals surface area contributed by atoms with Gasteiger partial charge >= 0.3 is 0 Å². The Bertz CT molecular complexity index is 976. The zero-order chi connectivity index (χ0) is 20.8. The van der Waals surface area contributed by atoms with Gasteiger partial charge in [0.25, 0.3) is 0 Å². The highest BCUT2D eigenvalue weighted by Crippen LogP contribution is 2.32. The third kappa shape index (κ3) is 5.28. The fourth-order valence-electron chi connectivity index (χ4n) is 2.82. The van der Waals surface area contributed by atoms with Crippen molar-refractivity contribution < 1.29 is 14.2 Å². The Morgan fingerprint density at radius 1 is 0.793 bits per heavy atom. The van der Waals surface area contributed by atoms with Crippen molar-refractivity contribution in [2.45, 2.75) is 26.9 Å². The lowest BCUT2D eigenvalue weighted by molar-refractivity contribution is 0.244. The fourth-order valence-corrected chi connectivity index (χ4v) is 2.82. The van der Waals surface area contributed by atoms with Gasteiger partial charge in [-0.1, -0.05) is 12.1 Å². The Morgan fingerprint density at radius 2 is 1.48 bits per heavy atom. The Labute approximate surface area is 171 Å². The molecule has 1 aromatic heterocycles. The maximum absolute atomic E-state index is 5.87. The van der Waals surface area contributed by atoms with Gasteiger partial charge in [0.2, 0.25) is 0 Å². The number of nitrogens with one attached hydrogen (secondary N) is 2. The molecule has 0 saturated carbocycles. The zero-order valence-corrected chi connectivity index (χ0v) is 17.3.